The number of benzene rings is 2. The van der Waals surface area contributed by atoms with Gasteiger partial charge in [0.25, 0.3) is 5.91 Å². The number of rotatable bonds is 6. The second-order valence-electron chi connectivity index (χ2n) is 5.82. The molecular formula is C18H16F3NO4. The van der Waals surface area contributed by atoms with Crippen molar-refractivity contribution in [2.24, 2.45) is 0 Å². The Morgan fingerprint density at radius 1 is 1.00 bits per heavy atom. The molecule has 1 amide bonds. The fourth-order valence-corrected chi connectivity index (χ4v) is 1.91. The number of halogens is 3. The SMILES string of the molecule is CC(C)(Oc1ccc(F)cc1)C(=O)OCC(=O)Nc1ccc(F)c(F)c1. The molecule has 0 heterocycles. The van der Waals surface area contributed by atoms with Crippen molar-refractivity contribution in [1.82, 2.24) is 0 Å². The summed E-state index contributed by atoms with van der Waals surface area (Å²) in [6, 6.07) is 7.87. The Morgan fingerprint density at radius 3 is 2.27 bits per heavy atom. The van der Waals surface area contributed by atoms with Gasteiger partial charge in [-0.15, -0.1) is 0 Å². The van der Waals surface area contributed by atoms with E-state index in [0.717, 1.165) is 12.1 Å². The van der Waals surface area contributed by atoms with Gasteiger partial charge in [0.1, 0.15) is 11.6 Å². The van der Waals surface area contributed by atoms with Crippen LogP contribution in [0, 0.1) is 17.5 Å². The van der Waals surface area contributed by atoms with Crippen molar-refractivity contribution in [2.75, 3.05) is 11.9 Å². The molecule has 2 aromatic carbocycles. The highest BCUT2D eigenvalue weighted by Gasteiger charge is 2.32. The van der Waals surface area contributed by atoms with Gasteiger partial charge in [-0.05, 0) is 50.2 Å². The van der Waals surface area contributed by atoms with Crippen LogP contribution in [0.5, 0.6) is 5.75 Å². The number of esters is 1. The largest absolute Gasteiger partial charge is 0.476 e. The minimum absolute atomic E-state index is 0.0202. The molecule has 26 heavy (non-hydrogen) atoms. The minimum Gasteiger partial charge on any atom is -0.476 e. The molecule has 0 radical (unpaired) electrons. The van der Waals surface area contributed by atoms with Crippen LogP contribution in [-0.4, -0.2) is 24.1 Å². The lowest BCUT2D eigenvalue weighted by molar-refractivity contribution is -0.161. The van der Waals surface area contributed by atoms with E-state index in [-0.39, 0.29) is 11.4 Å². The van der Waals surface area contributed by atoms with E-state index in [9.17, 15) is 22.8 Å². The molecule has 0 aliphatic heterocycles. The van der Waals surface area contributed by atoms with Crippen LogP contribution in [-0.2, 0) is 14.3 Å². The first-order valence-corrected chi connectivity index (χ1v) is 7.54. The van der Waals surface area contributed by atoms with E-state index >= 15 is 0 Å². The van der Waals surface area contributed by atoms with Gasteiger partial charge in [0, 0.05) is 11.8 Å². The number of hydrogen-bond acceptors (Lipinski definition) is 4. The summed E-state index contributed by atoms with van der Waals surface area (Å²) in [5.41, 5.74) is -1.41. The number of amides is 1. The molecule has 5 nitrogen and oxygen atoms in total. The molecule has 0 bridgehead atoms. The van der Waals surface area contributed by atoms with Gasteiger partial charge in [-0.2, -0.15) is 0 Å². The highest BCUT2D eigenvalue weighted by molar-refractivity contribution is 5.93. The van der Waals surface area contributed by atoms with E-state index in [1.54, 1.807) is 0 Å². The summed E-state index contributed by atoms with van der Waals surface area (Å²) in [7, 11) is 0. The summed E-state index contributed by atoms with van der Waals surface area (Å²) >= 11 is 0. The molecule has 0 aromatic heterocycles. The molecule has 0 fully saturated rings. The average Bonchev–Trinajstić information content (AvgIpc) is 2.58. The lowest BCUT2D eigenvalue weighted by Crippen LogP contribution is -2.41. The van der Waals surface area contributed by atoms with E-state index < -0.39 is 41.5 Å². The molecule has 0 spiro atoms. The zero-order valence-electron chi connectivity index (χ0n) is 14.0. The summed E-state index contributed by atoms with van der Waals surface area (Å²) in [5, 5.41) is 2.27. The van der Waals surface area contributed by atoms with Crippen molar-refractivity contribution in [3.05, 3.63) is 59.9 Å². The van der Waals surface area contributed by atoms with Gasteiger partial charge in [0.2, 0.25) is 0 Å². The number of carbonyl (C=O) groups is 2. The van der Waals surface area contributed by atoms with Crippen LogP contribution < -0.4 is 10.1 Å². The van der Waals surface area contributed by atoms with Gasteiger partial charge >= 0.3 is 5.97 Å². The van der Waals surface area contributed by atoms with Gasteiger partial charge in [0.05, 0.1) is 0 Å². The van der Waals surface area contributed by atoms with Crippen molar-refractivity contribution in [3.63, 3.8) is 0 Å². The first-order valence-electron chi connectivity index (χ1n) is 7.54. The second kappa shape index (κ2) is 7.90. The monoisotopic (exact) mass is 367 g/mol. The van der Waals surface area contributed by atoms with E-state index in [1.165, 1.54) is 44.2 Å². The zero-order chi connectivity index (χ0) is 19.3. The number of carbonyl (C=O) groups excluding carboxylic acids is 2. The van der Waals surface area contributed by atoms with E-state index in [4.69, 9.17) is 9.47 Å². The van der Waals surface area contributed by atoms with Crippen molar-refractivity contribution in [3.8, 4) is 5.75 Å². The lowest BCUT2D eigenvalue weighted by Gasteiger charge is -2.24. The molecule has 2 rings (SSSR count). The third-order valence-corrected chi connectivity index (χ3v) is 3.22. The molecule has 2 aromatic rings. The van der Waals surface area contributed by atoms with Crippen LogP contribution in [0.25, 0.3) is 0 Å². The smallest absolute Gasteiger partial charge is 0.350 e. The Labute approximate surface area is 147 Å². The van der Waals surface area contributed by atoms with E-state index in [0.29, 0.717) is 0 Å². The Kier molecular flexibility index (Phi) is 5.86. The molecule has 0 unspecified atom stereocenters. The number of anilines is 1. The number of nitrogens with one attached hydrogen (secondary N) is 1. The lowest BCUT2D eigenvalue weighted by atomic mass is 10.1. The second-order valence-corrected chi connectivity index (χ2v) is 5.82. The minimum atomic E-state index is -1.43. The van der Waals surface area contributed by atoms with Crippen LogP contribution in [0.3, 0.4) is 0 Å². The normalized spacial score (nSPS) is 11.0. The summed E-state index contributed by atoms with van der Waals surface area (Å²) in [6.45, 7) is 2.20. The van der Waals surface area contributed by atoms with Crippen LogP contribution in [0.4, 0.5) is 18.9 Å². The van der Waals surface area contributed by atoms with Crippen molar-refractivity contribution in [2.45, 2.75) is 19.4 Å². The van der Waals surface area contributed by atoms with Crippen molar-refractivity contribution >= 4 is 17.6 Å². The first kappa shape index (κ1) is 19.3. The molecule has 0 saturated carbocycles. The molecule has 0 saturated heterocycles. The Balaban J connectivity index is 1.88. The summed E-state index contributed by atoms with van der Waals surface area (Å²) in [5.74, 6) is -3.93. The predicted molar refractivity (Wildman–Crippen MR) is 87.1 cm³/mol. The Bertz CT molecular complexity index is 807. The number of hydrogen-bond donors (Lipinski definition) is 1. The summed E-state index contributed by atoms with van der Waals surface area (Å²) in [4.78, 5) is 23.8. The first-order chi connectivity index (χ1) is 12.2. The fourth-order valence-electron chi connectivity index (χ4n) is 1.91. The molecule has 138 valence electrons. The van der Waals surface area contributed by atoms with Gasteiger partial charge in [-0.1, -0.05) is 0 Å². The fraction of sp³-hybridized carbons (Fsp3) is 0.222. The van der Waals surface area contributed by atoms with Gasteiger partial charge in [-0.25, -0.2) is 18.0 Å². The van der Waals surface area contributed by atoms with Gasteiger partial charge in [0.15, 0.2) is 23.8 Å². The maximum atomic E-state index is 13.1. The Morgan fingerprint density at radius 2 is 1.65 bits per heavy atom. The third kappa shape index (κ3) is 5.23. The molecule has 1 N–H and O–H groups in total. The van der Waals surface area contributed by atoms with E-state index in [1.807, 2.05) is 0 Å². The highest BCUT2D eigenvalue weighted by atomic mass is 19.2. The van der Waals surface area contributed by atoms with Crippen LogP contribution in [0.15, 0.2) is 42.5 Å². The number of ether oxygens (including phenoxy) is 2. The zero-order valence-corrected chi connectivity index (χ0v) is 14.0. The van der Waals surface area contributed by atoms with Crippen molar-refractivity contribution < 1.29 is 32.2 Å². The highest BCUT2D eigenvalue weighted by Crippen LogP contribution is 2.20. The maximum absolute atomic E-state index is 13.1. The van der Waals surface area contributed by atoms with Gasteiger partial charge in [-0.3, -0.25) is 4.79 Å². The van der Waals surface area contributed by atoms with Crippen LogP contribution >= 0.6 is 0 Å². The van der Waals surface area contributed by atoms with Crippen LogP contribution in [0.2, 0.25) is 0 Å². The predicted octanol–water partition coefficient (Wildman–Crippen LogP) is 3.44. The van der Waals surface area contributed by atoms with E-state index in [2.05, 4.69) is 5.32 Å². The molecular weight excluding hydrogens is 351 g/mol. The topological polar surface area (TPSA) is 64.6 Å². The molecule has 0 aliphatic rings. The third-order valence-electron chi connectivity index (χ3n) is 3.22. The van der Waals surface area contributed by atoms with Crippen molar-refractivity contribution in [1.29, 1.82) is 0 Å². The summed E-state index contributed by atoms with van der Waals surface area (Å²) < 4.78 is 49.1. The maximum Gasteiger partial charge on any atom is 0.350 e. The van der Waals surface area contributed by atoms with Crippen LogP contribution in [0.1, 0.15) is 13.8 Å². The van der Waals surface area contributed by atoms with Gasteiger partial charge < -0.3 is 14.8 Å². The Hall–Kier alpha value is -3.03. The summed E-state index contributed by atoms with van der Waals surface area (Å²) in [6.07, 6.45) is 0. The molecule has 0 aliphatic carbocycles. The average molecular weight is 367 g/mol. The molecule has 8 heteroatoms. The standard InChI is InChI=1S/C18H16F3NO4/c1-18(2,26-13-6-3-11(19)4-7-13)17(24)25-10-16(23)22-12-5-8-14(20)15(21)9-12/h3-9H,10H2,1-2H3,(H,22,23). The quantitative estimate of drug-likeness (QED) is 0.795. The molecule has 0 atom stereocenters.